The van der Waals surface area contributed by atoms with Crippen molar-refractivity contribution in [2.45, 2.75) is 24.9 Å². The molecule has 2 heterocycles. The predicted octanol–water partition coefficient (Wildman–Crippen LogP) is -1.44. The number of nitrogens with one attached hydrogen (secondary N) is 6. The van der Waals surface area contributed by atoms with Crippen molar-refractivity contribution >= 4 is 46.9 Å². The summed E-state index contributed by atoms with van der Waals surface area (Å²) in [5.74, 6) is -2.97. The molecular formula is C20H28N10O6. The number of aromatic nitrogens is 2. The van der Waals surface area contributed by atoms with Crippen molar-refractivity contribution < 1.29 is 24.6 Å². The Labute approximate surface area is 204 Å². The zero-order valence-electron chi connectivity index (χ0n) is 19.0. The first-order chi connectivity index (χ1) is 17.0. The van der Waals surface area contributed by atoms with Crippen LogP contribution in [-0.4, -0.2) is 69.2 Å². The van der Waals surface area contributed by atoms with Crippen LogP contribution in [0.4, 0.5) is 23.1 Å². The average molecular weight is 505 g/mol. The van der Waals surface area contributed by atoms with Gasteiger partial charge in [-0.15, -0.1) is 0 Å². The first-order valence-corrected chi connectivity index (χ1v) is 10.5. The van der Waals surface area contributed by atoms with Gasteiger partial charge in [-0.2, -0.15) is 4.98 Å². The highest BCUT2D eigenvalue weighted by atomic mass is 16.4. The highest BCUT2D eigenvalue weighted by Crippen LogP contribution is 2.20. The molecule has 1 aromatic heterocycles. The molecule has 14 N–H and O–H groups in total. The fourth-order valence-electron chi connectivity index (χ4n) is 3.10. The number of anilines is 4. The standard InChI is InChI=1S/C19H23N7O6.CH5N3/c20-19-25-15-14(17(30)26-19)23-11(8-22-15)7-21-10-3-1-9(2-4-10)16(29)24-12(18(31)32)5-6-13(27)28;2-1(3)4/h1-4,11-12,21,23H,5-8H2,(H,24,29)(H,27,28)(H,31,32)(H4,20,22,25,26,30);(H5,2,3,4)/t11?,12-;/m0./s1. The van der Waals surface area contributed by atoms with E-state index in [0.717, 1.165) is 0 Å². The fraction of sp³-hybridized carbons (Fsp3) is 0.300. The molecule has 1 amide bonds. The maximum atomic E-state index is 12.3. The Bertz CT molecular complexity index is 1160. The highest BCUT2D eigenvalue weighted by molar-refractivity contribution is 5.97. The summed E-state index contributed by atoms with van der Waals surface area (Å²) in [6.07, 6.45) is -0.587. The number of carboxylic acids is 2. The molecule has 0 spiro atoms. The maximum absolute atomic E-state index is 12.3. The molecule has 194 valence electrons. The Morgan fingerprint density at radius 3 is 2.42 bits per heavy atom. The van der Waals surface area contributed by atoms with Gasteiger partial charge in [0, 0.05) is 30.8 Å². The van der Waals surface area contributed by atoms with Gasteiger partial charge in [0.05, 0.1) is 6.04 Å². The molecule has 3 rings (SSSR count). The number of fused-ring (bicyclic) bond motifs is 1. The van der Waals surface area contributed by atoms with E-state index in [2.05, 4.69) is 42.7 Å². The number of amides is 1. The molecule has 1 aromatic carbocycles. The lowest BCUT2D eigenvalue weighted by Gasteiger charge is -2.27. The molecule has 2 aromatic rings. The number of nitrogens with two attached hydrogens (primary N) is 3. The van der Waals surface area contributed by atoms with E-state index in [1.807, 2.05) is 0 Å². The van der Waals surface area contributed by atoms with E-state index in [-0.39, 0.29) is 41.9 Å². The molecule has 36 heavy (non-hydrogen) atoms. The second kappa shape index (κ2) is 12.4. The third-order valence-electron chi connectivity index (χ3n) is 4.75. The van der Waals surface area contributed by atoms with Crippen molar-refractivity contribution in [2.75, 3.05) is 34.8 Å². The minimum absolute atomic E-state index is 0.0281. The smallest absolute Gasteiger partial charge is 0.326 e. The molecular weight excluding hydrogens is 476 g/mol. The third kappa shape index (κ3) is 8.40. The summed E-state index contributed by atoms with van der Waals surface area (Å²) in [6, 6.07) is 4.93. The minimum atomic E-state index is -1.30. The van der Waals surface area contributed by atoms with Crippen molar-refractivity contribution in [3.63, 3.8) is 0 Å². The van der Waals surface area contributed by atoms with Gasteiger partial charge in [0.2, 0.25) is 5.95 Å². The van der Waals surface area contributed by atoms with E-state index in [9.17, 15) is 19.2 Å². The lowest BCUT2D eigenvalue weighted by molar-refractivity contribution is -0.140. The predicted molar refractivity (Wildman–Crippen MR) is 132 cm³/mol. The van der Waals surface area contributed by atoms with E-state index >= 15 is 0 Å². The van der Waals surface area contributed by atoms with Gasteiger partial charge in [-0.3, -0.25) is 24.8 Å². The molecule has 0 radical (unpaired) electrons. The molecule has 16 nitrogen and oxygen atoms in total. The van der Waals surface area contributed by atoms with Gasteiger partial charge < -0.3 is 48.7 Å². The summed E-state index contributed by atoms with van der Waals surface area (Å²) >= 11 is 0. The van der Waals surface area contributed by atoms with Crippen LogP contribution in [0.5, 0.6) is 0 Å². The minimum Gasteiger partial charge on any atom is -0.481 e. The number of carboxylic acid groups (broad SMARTS) is 2. The number of nitrogens with zero attached hydrogens (tertiary/aromatic N) is 1. The van der Waals surface area contributed by atoms with Gasteiger partial charge in [0.15, 0.2) is 11.8 Å². The number of benzene rings is 1. The largest absolute Gasteiger partial charge is 0.481 e. The van der Waals surface area contributed by atoms with Crippen molar-refractivity contribution in [1.29, 1.82) is 5.41 Å². The summed E-state index contributed by atoms with van der Waals surface area (Å²) < 4.78 is 0. The van der Waals surface area contributed by atoms with Crippen LogP contribution in [-0.2, 0) is 9.59 Å². The molecule has 2 atom stereocenters. The van der Waals surface area contributed by atoms with Gasteiger partial charge in [-0.05, 0) is 30.7 Å². The first-order valence-electron chi connectivity index (χ1n) is 10.5. The molecule has 16 heteroatoms. The molecule has 0 aliphatic carbocycles. The molecule has 0 saturated carbocycles. The van der Waals surface area contributed by atoms with E-state index in [1.54, 1.807) is 12.1 Å². The van der Waals surface area contributed by atoms with Crippen LogP contribution in [0, 0.1) is 5.41 Å². The topological polar surface area (TPSA) is 287 Å². The van der Waals surface area contributed by atoms with Crippen molar-refractivity contribution in [1.82, 2.24) is 15.3 Å². The SMILES string of the molecule is N=C(N)N.Nc1nc2c(c(=O)[nH]1)NC(CNc1ccc(C(=O)N[C@@H](CCC(=O)O)C(=O)O)cc1)CN2. The van der Waals surface area contributed by atoms with Crippen LogP contribution in [0.1, 0.15) is 23.2 Å². The Morgan fingerprint density at radius 1 is 1.19 bits per heavy atom. The summed E-state index contributed by atoms with van der Waals surface area (Å²) in [4.78, 5) is 52.6. The molecule has 1 aliphatic rings. The Hall–Kier alpha value is -5.02. The number of aromatic amines is 1. The molecule has 0 fully saturated rings. The molecule has 0 bridgehead atoms. The van der Waals surface area contributed by atoms with Gasteiger partial charge >= 0.3 is 11.9 Å². The molecule has 1 aliphatic heterocycles. The van der Waals surface area contributed by atoms with Gasteiger partial charge in [0.25, 0.3) is 11.5 Å². The average Bonchev–Trinajstić information content (AvgIpc) is 2.80. The normalized spacial score (nSPS) is 14.4. The molecule has 1 unspecified atom stereocenters. The zero-order chi connectivity index (χ0) is 26.8. The fourth-order valence-corrected chi connectivity index (χ4v) is 3.10. The number of hydrogen-bond donors (Lipinski definition) is 11. The summed E-state index contributed by atoms with van der Waals surface area (Å²) in [7, 11) is 0. The Kier molecular flexibility index (Phi) is 9.41. The number of carbonyl (C=O) groups is 3. The quantitative estimate of drug-likeness (QED) is 0.138. The number of aliphatic carboxylic acids is 2. The monoisotopic (exact) mass is 504 g/mol. The van der Waals surface area contributed by atoms with E-state index in [1.165, 1.54) is 12.1 Å². The number of hydrogen-bond acceptors (Lipinski definition) is 10. The zero-order valence-corrected chi connectivity index (χ0v) is 19.0. The van der Waals surface area contributed by atoms with E-state index in [0.29, 0.717) is 30.3 Å². The van der Waals surface area contributed by atoms with Crippen molar-refractivity contribution in [3.05, 3.63) is 40.2 Å². The Balaban J connectivity index is 0.00000106. The first kappa shape index (κ1) is 27.2. The number of carbonyl (C=O) groups excluding carboxylic acids is 1. The van der Waals surface area contributed by atoms with E-state index in [4.69, 9.17) is 21.4 Å². The number of guanidine groups is 1. The van der Waals surface area contributed by atoms with Crippen LogP contribution < -0.4 is 44.0 Å². The second-order valence-corrected chi connectivity index (χ2v) is 7.61. The van der Waals surface area contributed by atoms with Gasteiger partial charge in [0.1, 0.15) is 11.7 Å². The third-order valence-corrected chi connectivity index (χ3v) is 4.75. The summed E-state index contributed by atoms with van der Waals surface area (Å²) in [5.41, 5.74) is 15.3. The van der Waals surface area contributed by atoms with E-state index < -0.39 is 23.9 Å². The lowest BCUT2D eigenvalue weighted by Crippen LogP contribution is -2.41. The summed E-state index contributed by atoms with van der Waals surface area (Å²) in [6.45, 7) is 0.960. The number of nitrogen functional groups attached to an aromatic ring is 1. The van der Waals surface area contributed by atoms with Crippen LogP contribution in [0.25, 0.3) is 0 Å². The maximum Gasteiger partial charge on any atom is 0.326 e. The molecule has 0 saturated heterocycles. The lowest BCUT2D eigenvalue weighted by atomic mass is 10.1. The second-order valence-electron chi connectivity index (χ2n) is 7.61. The van der Waals surface area contributed by atoms with Crippen LogP contribution in [0.15, 0.2) is 29.1 Å². The Morgan fingerprint density at radius 2 is 1.83 bits per heavy atom. The van der Waals surface area contributed by atoms with Gasteiger partial charge in [-0.25, -0.2) is 4.79 Å². The van der Waals surface area contributed by atoms with Crippen molar-refractivity contribution in [2.24, 2.45) is 11.5 Å². The van der Waals surface area contributed by atoms with Crippen LogP contribution in [0.2, 0.25) is 0 Å². The highest BCUT2D eigenvalue weighted by Gasteiger charge is 2.23. The van der Waals surface area contributed by atoms with Crippen LogP contribution >= 0.6 is 0 Å². The van der Waals surface area contributed by atoms with Gasteiger partial charge in [-0.1, -0.05) is 0 Å². The summed E-state index contributed by atoms with van der Waals surface area (Å²) in [5, 5.41) is 35.6. The van der Waals surface area contributed by atoms with Crippen LogP contribution in [0.3, 0.4) is 0 Å². The number of rotatable bonds is 9. The van der Waals surface area contributed by atoms with Crippen molar-refractivity contribution in [3.8, 4) is 0 Å². The number of H-pyrrole nitrogens is 1.